The number of halogens is 1. The zero-order valence-corrected chi connectivity index (χ0v) is 14.7. The number of anilines is 1. The van der Waals surface area contributed by atoms with Crippen LogP contribution in [-0.4, -0.2) is 5.91 Å². The molecule has 0 spiro atoms. The van der Waals surface area contributed by atoms with Crippen molar-refractivity contribution >= 4 is 38.2 Å². The van der Waals surface area contributed by atoms with Crippen molar-refractivity contribution in [1.29, 1.82) is 0 Å². The molecule has 1 aromatic heterocycles. The van der Waals surface area contributed by atoms with Gasteiger partial charge < -0.3 is 10.6 Å². The molecule has 0 radical (unpaired) electrons. The Morgan fingerprint density at radius 2 is 2.18 bits per heavy atom. The summed E-state index contributed by atoms with van der Waals surface area (Å²) in [6.07, 6.45) is 3.15. The van der Waals surface area contributed by atoms with Gasteiger partial charge in [-0.15, -0.1) is 11.3 Å². The first-order chi connectivity index (χ1) is 10.6. The normalized spacial score (nSPS) is 23.3. The summed E-state index contributed by atoms with van der Waals surface area (Å²) < 4.78 is 1.02. The molecule has 114 valence electrons. The van der Waals surface area contributed by atoms with Crippen LogP contribution in [0.15, 0.2) is 28.7 Å². The zero-order valence-electron chi connectivity index (χ0n) is 12.3. The smallest absolute Gasteiger partial charge is 0.256 e. The number of hydrogen-bond donors (Lipinski definition) is 2. The van der Waals surface area contributed by atoms with Crippen LogP contribution < -0.4 is 10.6 Å². The van der Waals surface area contributed by atoms with Gasteiger partial charge in [0.2, 0.25) is 0 Å². The lowest BCUT2D eigenvalue weighted by molar-refractivity contribution is 0.0935. The second kappa shape index (κ2) is 5.39. The highest BCUT2D eigenvalue weighted by Crippen LogP contribution is 2.42. The van der Waals surface area contributed by atoms with Gasteiger partial charge in [-0.05, 0) is 48.4 Å². The van der Waals surface area contributed by atoms with Gasteiger partial charge in [-0.2, -0.15) is 0 Å². The summed E-state index contributed by atoms with van der Waals surface area (Å²) in [6, 6.07) is 8.05. The van der Waals surface area contributed by atoms with Crippen molar-refractivity contribution in [2.24, 2.45) is 5.92 Å². The van der Waals surface area contributed by atoms with E-state index in [1.54, 1.807) is 11.3 Å². The number of benzene rings is 1. The molecule has 2 atom stereocenters. The molecule has 4 rings (SSSR count). The number of amides is 1. The highest BCUT2D eigenvalue weighted by atomic mass is 79.9. The van der Waals surface area contributed by atoms with E-state index in [4.69, 9.17) is 0 Å². The number of nitrogens with one attached hydrogen (secondary N) is 2. The first kappa shape index (κ1) is 14.3. The molecule has 0 fully saturated rings. The number of carbonyl (C=O) groups excluding carboxylic acids is 1. The molecule has 1 aliphatic heterocycles. The Labute approximate surface area is 142 Å². The maximum absolute atomic E-state index is 12.6. The Balaban J connectivity index is 1.71. The highest BCUT2D eigenvalue weighted by molar-refractivity contribution is 9.10. The molecular weight excluding hydrogens is 360 g/mol. The first-order valence-corrected chi connectivity index (χ1v) is 9.20. The highest BCUT2D eigenvalue weighted by Gasteiger charge is 2.32. The van der Waals surface area contributed by atoms with Crippen molar-refractivity contribution < 1.29 is 4.79 Å². The molecule has 0 bridgehead atoms. The molecule has 1 aliphatic carbocycles. The van der Waals surface area contributed by atoms with E-state index in [2.05, 4.69) is 33.5 Å². The summed E-state index contributed by atoms with van der Waals surface area (Å²) in [5.41, 5.74) is 3.22. The third-order valence-corrected chi connectivity index (χ3v) is 6.15. The molecule has 2 aliphatic rings. The lowest BCUT2D eigenvalue weighted by Gasteiger charge is -2.27. The number of thiophene rings is 1. The predicted octanol–water partition coefficient (Wildman–Crippen LogP) is 4.49. The standard InChI is InChI=1S/C17H17BrN2OS/c1-9-5-6-12-13(7-9)22-17-14(12)16(21)19-15(20-17)10-3-2-4-11(18)8-10/h2-4,8-9,15,20H,5-7H2,1H3,(H,19,21)/t9-,15-/m0/s1. The van der Waals surface area contributed by atoms with Gasteiger partial charge >= 0.3 is 0 Å². The molecule has 5 heteroatoms. The van der Waals surface area contributed by atoms with Gasteiger partial charge in [0.05, 0.1) is 5.56 Å². The second-order valence-electron chi connectivity index (χ2n) is 6.16. The zero-order chi connectivity index (χ0) is 15.3. The van der Waals surface area contributed by atoms with Crippen molar-refractivity contribution in [2.45, 2.75) is 32.4 Å². The van der Waals surface area contributed by atoms with E-state index in [0.717, 1.165) is 39.4 Å². The topological polar surface area (TPSA) is 41.1 Å². The Bertz CT molecular complexity index is 755. The summed E-state index contributed by atoms with van der Waals surface area (Å²) in [5.74, 6) is 0.780. The average molecular weight is 377 g/mol. The molecule has 0 unspecified atom stereocenters. The molecular formula is C17H17BrN2OS. The number of hydrogen-bond acceptors (Lipinski definition) is 3. The van der Waals surface area contributed by atoms with Crippen LogP contribution in [0.3, 0.4) is 0 Å². The summed E-state index contributed by atoms with van der Waals surface area (Å²) >= 11 is 5.25. The number of rotatable bonds is 1. The van der Waals surface area contributed by atoms with Gasteiger partial charge in [-0.1, -0.05) is 35.0 Å². The van der Waals surface area contributed by atoms with E-state index in [0.29, 0.717) is 0 Å². The monoisotopic (exact) mass is 376 g/mol. The molecule has 1 amide bonds. The van der Waals surface area contributed by atoms with E-state index in [1.807, 2.05) is 24.3 Å². The Morgan fingerprint density at radius 3 is 3.00 bits per heavy atom. The average Bonchev–Trinajstić information content (AvgIpc) is 2.84. The van der Waals surface area contributed by atoms with Crippen molar-refractivity contribution in [1.82, 2.24) is 5.32 Å². The maximum atomic E-state index is 12.6. The van der Waals surface area contributed by atoms with Crippen molar-refractivity contribution in [3.05, 3.63) is 50.3 Å². The van der Waals surface area contributed by atoms with Crippen LogP contribution in [-0.2, 0) is 12.8 Å². The van der Waals surface area contributed by atoms with Crippen LogP contribution in [0.4, 0.5) is 5.00 Å². The summed E-state index contributed by atoms with van der Waals surface area (Å²) in [6.45, 7) is 2.29. The minimum atomic E-state index is -0.157. The van der Waals surface area contributed by atoms with E-state index >= 15 is 0 Å². The molecule has 1 aromatic carbocycles. The summed E-state index contributed by atoms with van der Waals surface area (Å²) in [7, 11) is 0. The fourth-order valence-corrected chi connectivity index (χ4v) is 5.17. The third kappa shape index (κ3) is 2.36. The SMILES string of the molecule is C[C@H]1CCc2c(sc3c2C(=O)N[C@H](c2cccc(Br)c2)N3)C1. The van der Waals surface area contributed by atoms with Crippen LogP contribution in [0, 0.1) is 5.92 Å². The van der Waals surface area contributed by atoms with Crippen molar-refractivity contribution in [3.63, 3.8) is 0 Å². The van der Waals surface area contributed by atoms with Gasteiger partial charge in [0.25, 0.3) is 5.91 Å². The van der Waals surface area contributed by atoms with Crippen LogP contribution in [0.25, 0.3) is 0 Å². The minimum absolute atomic E-state index is 0.0609. The van der Waals surface area contributed by atoms with Crippen LogP contribution in [0.1, 0.15) is 45.9 Å². The van der Waals surface area contributed by atoms with Crippen LogP contribution >= 0.6 is 27.3 Å². The first-order valence-electron chi connectivity index (χ1n) is 7.59. The predicted molar refractivity (Wildman–Crippen MR) is 93.5 cm³/mol. The molecule has 2 heterocycles. The third-order valence-electron chi connectivity index (χ3n) is 4.47. The maximum Gasteiger partial charge on any atom is 0.256 e. The van der Waals surface area contributed by atoms with Crippen LogP contribution in [0.5, 0.6) is 0 Å². The Morgan fingerprint density at radius 1 is 1.32 bits per heavy atom. The summed E-state index contributed by atoms with van der Waals surface area (Å²) in [4.78, 5) is 14.0. The van der Waals surface area contributed by atoms with Gasteiger partial charge in [0, 0.05) is 9.35 Å². The molecule has 3 nitrogen and oxygen atoms in total. The quantitative estimate of drug-likeness (QED) is 0.769. The lowest BCUT2D eigenvalue weighted by Crippen LogP contribution is -2.38. The van der Waals surface area contributed by atoms with E-state index in [1.165, 1.54) is 16.9 Å². The molecule has 0 saturated heterocycles. The van der Waals surface area contributed by atoms with Gasteiger partial charge in [-0.25, -0.2) is 0 Å². The second-order valence-corrected chi connectivity index (χ2v) is 8.18. The van der Waals surface area contributed by atoms with Crippen LogP contribution in [0.2, 0.25) is 0 Å². The fraction of sp³-hybridized carbons (Fsp3) is 0.353. The van der Waals surface area contributed by atoms with E-state index < -0.39 is 0 Å². The number of carbonyl (C=O) groups is 1. The molecule has 2 aromatic rings. The minimum Gasteiger partial charge on any atom is -0.353 e. The Hall–Kier alpha value is -1.33. The molecule has 22 heavy (non-hydrogen) atoms. The molecule has 0 saturated carbocycles. The van der Waals surface area contributed by atoms with Gasteiger partial charge in [-0.3, -0.25) is 4.79 Å². The lowest BCUT2D eigenvalue weighted by atomic mass is 9.88. The Kier molecular flexibility index (Phi) is 3.50. The van der Waals surface area contributed by atoms with E-state index in [9.17, 15) is 4.79 Å². The van der Waals surface area contributed by atoms with E-state index in [-0.39, 0.29) is 12.1 Å². The van der Waals surface area contributed by atoms with Gasteiger partial charge in [0.15, 0.2) is 0 Å². The van der Waals surface area contributed by atoms with Crippen molar-refractivity contribution in [2.75, 3.05) is 5.32 Å². The number of fused-ring (bicyclic) bond motifs is 3. The fourth-order valence-electron chi connectivity index (χ4n) is 3.32. The van der Waals surface area contributed by atoms with Gasteiger partial charge in [0.1, 0.15) is 11.2 Å². The summed E-state index contributed by atoms with van der Waals surface area (Å²) in [5, 5.41) is 7.64. The largest absolute Gasteiger partial charge is 0.353 e. The molecule has 2 N–H and O–H groups in total. The van der Waals surface area contributed by atoms with Crippen molar-refractivity contribution in [3.8, 4) is 0 Å².